The van der Waals surface area contributed by atoms with Crippen LogP contribution < -0.4 is 24.3 Å². The number of methoxy groups -OCH3 is 1. The molecule has 47 heavy (non-hydrogen) atoms. The molecule has 3 aromatic rings. The summed E-state index contributed by atoms with van der Waals surface area (Å²) in [6.07, 6.45) is -0.689. The zero-order valence-corrected chi connectivity index (χ0v) is 26.4. The second-order valence-corrected chi connectivity index (χ2v) is 11.3. The van der Waals surface area contributed by atoms with E-state index in [1.165, 1.54) is 26.3 Å². The molecule has 0 radical (unpaired) electrons. The maximum atomic E-state index is 13.6. The molecule has 1 aromatic heterocycles. The molecule has 2 aromatic carbocycles. The second-order valence-electron chi connectivity index (χ2n) is 11.3. The van der Waals surface area contributed by atoms with Gasteiger partial charge in [-0.2, -0.15) is 0 Å². The Bertz CT molecular complexity index is 1610. The number of carbonyl (C=O) groups excluding carboxylic acids is 4. The van der Waals surface area contributed by atoms with Crippen molar-refractivity contribution in [1.29, 1.82) is 0 Å². The van der Waals surface area contributed by atoms with E-state index in [0.717, 1.165) is 11.1 Å². The normalized spacial score (nSPS) is 20.6. The van der Waals surface area contributed by atoms with Crippen LogP contribution in [0.25, 0.3) is 0 Å². The van der Waals surface area contributed by atoms with E-state index in [2.05, 4.69) is 10.3 Å². The van der Waals surface area contributed by atoms with Crippen LogP contribution in [0.4, 0.5) is 0 Å². The van der Waals surface area contributed by atoms with Crippen LogP contribution in [0.2, 0.25) is 0 Å². The predicted octanol–water partition coefficient (Wildman–Crippen LogP) is 3.41. The van der Waals surface area contributed by atoms with Crippen LogP contribution >= 0.6 is 0 Å². The standard InChI is InChI=1S/C34H36N2O11/c1-19(2)32(38)47-29-20(3)46-34(40)24(17-43-33(39)23(29)14-21-8-6-5-7-9-21)36-31(37)28-30(26(41-4)12-13-35-28)42-16-22-10-11-25-27(15-22)45-18-44-25/h5-13,15,19-20,23-24,29H,14,16-18H2,1-4H3,(H,36,37)/t20-,23?,24-,29-/m0/s1. The van der Waals surface area contributed by atoms with Gasteiger partial charge in [0.25, 0.3) is 5.91 Å². The summed E-state index contributed by atoms with van der Waals surface area (Å²) in [6, 6.07) is 14.5. The minimum atomic E-state index is -1.42. The number of amides is 1. The number of nitrogens with one attached hydrogen (secondary N) is 1. The largest absolute Gasteiger partial charge is 0.493 e. The second kappa shape index (κ2) is 14.8. The average molecular weight is 649 g/mol. The molecule has 1 fully saturated rings. The lowest BCUT2D eigenvalue weighted by molar-refractivity contribution is -0.176. The Morgan fingerprint density at radius 2 is 1.74 bits per heavy atom. The molecule has 1 saturated heterocycles. The molecule has 2 aliphatic heterocycles. The topological polar surface area (TPSA) is 158 Å². The molecule has 4 atom stereocenters. The smallest absolute Gasteiger partial charge is 0.332 e. The molecule has 248 valence electrons. The van der Waals surface area contributed by atoms with Gasteiger partial charge in [-0.05, 0) is 36.6 Å². The summed E-state index contributed by atoms with van der Waals surface area (Å²) in [5, 5.41) is 2.55. The molecule has 0 aliphatic carbocycles. The minimum Gasteiger partial charge on any atom is -0.493 e. The van der Waals surface area contributed by atoms with E-state index in [9.17, 15) is 19.2 Å². The fraction of sp³-hybridized carbons (Fsp3) is 0.382. The monoisotopic (exact) mass is 648 g/mol. The number of benzene rings is 2. The average Bonchev–Trinajstić information content (AvgIpc) is 3.55. The van der Waals surface area contributed by atoms with Crippen molar-refractivity contribution in [3.8, 4) is 23.0 Å². The Morgan fingerprint density at radius 1 is 0.979 bits per heavy atom. The highest BCUT2D eigenvalue weighted by atomic mass is 16.7. The number of nitrogens with zero attached hydrogens (tertiary/aromatic N) is 1. The van der Waals surface area contributed by atoms with E-state index < -0.39 is 60.5 Å². The first-order chi connectivity index (χ1) is 22.6. The Hall–Kier alpha value is -5.33. The highest BCUT2D eigenvalue weighted by Gasteiger charge is 2.42. The lowest BCUT2D eigenvalue weighted by atomic mass is 9.91. The zero-order valence-electron chi connectivity index (χ0n) is 26.4. The zero-order chi connectivity index (χ0) is 33.5. The molecule has 0 bridgehead atoms. The van der Waals surface area contributed by atoms with Crippen molar-refractivity contribution in [2.75, 3.05) is 20.5 Å². The fourth-order valence-electron chi connectivity index (χ4n) is 5.06. The van der Waals surface area contributed by atoms with Crippen molar-refractivity contribution in [3.63, 3.8) is 0 Å². The van der Waals surface area contributed by atoms with Crippen molar-refractivity contribution in [2.45, 2.75) is 52.0 Å². The number of ether oxygens (including phenoxy) is 7. The third-order valence-corrected chi connectivity index (χ3v) is 7.59. The van der Waals surface area contributed by atoms with Gasteiger partial charge in [-0.15, -0.1) is 0 Å². The summed E-state index contributed by atoms with van der Waals surface area (Å²) in [4.78, 5) is 57.3. The maximum Gasteiger partial charge on any atom is 0.332 e. The van der Waals surface area contributed by atoms with E-state index in [4.69, 9.17) is 33.2 Å². The third kappa shape index (κ3) is 7.91. The van der Waals surface area contributed by atoms with Crippen LogP contribution in [-0.4, -0.2) is 67.6 Å². The Kier molecular flexibility index (Phi) is 10.4. The highest BCUT2D eigenvalue weighted by molar-refractivity contribution is 5.98. The molecule has 13 nitrogen and oxygen atoms in total. The van der Waals surface area contributed by atoms with E-state index in [0.29, 0.717) is 11.5 Å². The Labute approximate surface area is 271 Å². The molecule has 0 saturated carbocycles. The van der Waals surface area contributed by atoms with Crippen molar-refractivity contribution in [1.82, 2.24) is 10.3 Å². The molecule has 5 rings (SSSR count). The summed E-state index contributed by atoms with van der Waals surface area (Å²) in [7, 11) is 1.41. The molecule has 1 amide bonds. The number of aromatic nitrogens is 1. The van der Waals surface area contributed by atoms with Gasteiger partial charge in [0.2, 0.25) is 6.79 Å². The van der Waals surface area contributed by atoms with Gasteiger partial charge in [0.15, 0.2) is 40.8 Å². The van der Waals surface area contributed by atoms with Gasteiger partial charge in [0.05, 0.1) is 13.0 Å². The van der Waals surface area contributed by atoms with Gasteiger partial charge in [0, 0.05) is 12.3 Å². The van der Waals surface area contributed by atoms with E-state index in [-0.39, 0.29) is 37.0 Å². The number of rotatable bonds is 10. The molecular weight excluding hydrogens is 612 g/mol. The summed E-state index contributed by atoms with van der Waals surface area (Å²) in [5.74, 6) is -3.04. The number of fused-ring (bicyclic) bond motifs is 1. The van der Waals surface area contributed by atoms with Crippen LogP contribution in [0.3, 0.4) is 0 Å². The SMILES string of the molecule is COc1ccnc(C(=O)N[C@H]2COC(=O)C(Cc3ccccc3)[C@@H](OC(=O)C(C)C)[C@H](C)OC2=O)c1OCc1ccc2c(c1)OCO2. The van der Waals surface area contributed by atoms with Gasteiger partial charge in [-0.25, -0.2) is 9.78 Å². The van der Waals surface area contributed by atoms with Gasteiger partial charge in [-0.1, -0.05) is 50.2 Å². The molecule has 2 aliphatic rings. The number of carbonyl (C=O) groups is 4. The Balaban J connectivity index is 1.35. The van der Waals surface area contributed by atoms with Crippen molar-refractivity contribution < 1.29 is 52.3 Å². The van der Waals surface area contributed by atoms with Crippen molar-refractivity contribution in [3.05, 3.63) is 77.6 Å². The molecule has 3 heterocycles. The van der Waals surface area contributed by atoms with Crippen LogP contribution in [0, 0.1) is 11.8 Å². The maximum absolute atomic E-state index is 13.6. The minimum absolute atomic E-state index is 0.0237. The van der Waals surface area contributed by atoms with Crippen molar-refractivity contribution in [2.24, 2.45) is 11.8 Å². The number of esters is 3. The van der Waals surface area contributed by atoms with Crippen LogP contribution in [0.1, 0.15) is 42.4 Å². The molecular formula is C34H36N2O11. The number of hydrogen-bond acceptors (Lipinski definition) is 12. The van der Waals surface area contributed by atoms with Crippen molar-refractivity contribution >= 4 is 23.8 Å². The quantitative estimate of drug-likeness (QED) is 0.253. The molecule has 1 N–H and O–H groups in total. The van der Waals surface area contributed by atoms with Crippen LogP contribution in [0.15, 0.2) is 60.8 Å². The van der Waals surface area contributed by atoms with Gasteiger partial charge < -0.3 is 38.5 Å². The van der Waals surface area contributed by atoms with Gasteiger partial charge in [0.1, 0.15) is 25.2 Å². The highest BCUT2D eigenvalue weighted by Crippen LogP contribution is 2.34. The first kappa shape index (κ1) is 33.0. The first-order valence-electron chi connectivity index (χ1n) is 15.1. The van der Waals surface area contributed by atoms with E-state index in [1.54, 1.807) is 32.0 Å². The van der Waals surface area contributed by atoms with E-state index in [1.807, 2.05) is 30.3 Å². The number of cyclic esters (lactones) is 2. The summed E-state index contributed by atoms with van der Waals surface area (Å²) >= 11 is 0. The summed E-state index contributed by atoms with van der Waals surface area (Å²) in [6.45, 7) is 4.45. The predicted molar refractivity (Wildman–Crippen MR) is 164 cm³/mol. The summed E-state index contributed by atoms with van der Waals surface area (Å²) in [5.41, 5.74) is 1.34. The van der Waals surface area contributed by atoms with Gasteiger partial charge >= 0.3 is 17.9 Å². The molecule has 13 heteroatoms. The first-order valence-corrected chi connectivity index (χ1v) is 15.1. The Morgan fingerprint density at radius 3 is 2.49 bits per heavy atom. The van der Waals surface area contributed by atoms with Crippen LogP contribution in [0.5, 0.6) is 23.0 Å². The number of hydrogen-bond donors (Lipinski definition) is 1. The number of pyridine rings is 1. The van der Waals surface area contributed by atoms with Gasteiger partial charge in [-0.3, -0.25) is 14.4 Å². The van der Waals surface area contributed by atoms with Crippen LogP contribution in [-0.2, 0) is 41.6 Å². The molecule has 0 spiro atoms. The lowest BCUT2D eigenvalue weighted by Crippen LogP contribution is -2.47. The molecule has 1 unspecified atom stereocenters. The third-order valence-electron chi connectivity index (χ3n) is 7.59. The summed E-state index contributed by atoms with van der Waals surface area (Å²) < 4.78 is 39.1. The fourth-order valence-corrected chi connectivity index (χ4v) is 5.06. The lowest BCUT2D eigenvalue weighted by Gasteiger charge is -2.29. The van der Waals surface area contributed by atoms with E-state index >= 15 is 0 Å².